The van der Waals surface area contributed by atoms with Gasteiger partial charge in [-0.3, -0.25) is 19.7 Å². The third-order valence-corrected chi connectivity index (χ3v) is 5.60. The first-order valence-corrected chi connectivity index (χ1v) is 7.97. The van der Waals surface area contributed by atoms with Crippen LogP contribution in [0, 0.1) is 0 Å². The summed E-state index contributed by atoms with van der Waals surface area (Å²) in [4.78, 5) is 34.4. The standard InChI is InChI=1S/C11H16N2O5S/c14-9-5-4-7(10(15)13-9)12-11(16)8-3-1-2-6-19(8,17)18/h7-8H,1-6H2,(H,12,16)(H,13,14,15). The second-order valence-electron chi connectivity index (χ2n) is 4.86. The van der Waals surface area contributed by atoms with Gasteiger partial charge in [-0.15, -0.1) is 0 Å². The molecule has 106 valence electrons. The Balaban J connectivity index is 2.01. The lowest BCUT2D eigenvalue weighted by atomic mass is 10.1. The zero-order valence-corrected chi connectivity index (χ0v) is 11.2. The predicted octanol–water partition coefficient (Wildman–Crippen LogP) is -1.12. The van der Waals surface area contributed by atoms with Crippen LogP contribution < -0.4 is 10.6 Å². The molecular formula is C11H16N2O5S. The molecule has 0 bridgehead atoms. The summed E-state index contributed by atoms with van der Waals surface area (Å²) >= 11 is 0. The first-order chi connectivity index (χ1) is 8.90. The second-order valence-corrected chi connectivity index (χ2v) is 7.17. The fourth-order valence-electron chi connectivity index (χ4n) is 2.34. The zero-order valence-electron chi connectivity index (χ0n) is 10.3. The Morgan fingerprint density at radius 2 is 1.95 bits per heavy atom. The molecule has 2 rings (SSSR count). The highest BCUT2D eigenvalue weighted by atomic mass is 32.2. The Morgan fingerprint density at radius 3 is 2.58 bits per heavy atom. The molecule has 2 fully saturated rings. The van der Waals surface area contributed by atoms with E-state index in [0.717, 1.165) is 0 Å². The van der Waals surface area contributed by atoms with Crippen molar-refractivity contribution >= 4 is 27.6 Å². The van der Waals surface area contributed by atoms with Crippen molar-refractivity contribution in [1.29, 1.82) is 0 Å². The number of sulfone groups is 1. The third kappa shape index (κ3) is 3.12. The van der Waals surface area contributed by atoms with Crippen LogP contribution in [-0.2, 0) is 24.2 Å². The average Bonchev–Trinajstić information content (AvgIpc) is 2.32. The van der Waals surface area contributed by atoms with Gasteiger partial charge in [0.05, 0.1) is 5.75 Å². The number of amides is 3. The first-order valence-electron chi connectivity index (χ1n) is 6.26. The molecule has 19 heavy (non-hydrogen) atoms. The molecule has 0 aromatic carbocycles. The van der Waals surface area contributed by atoms with Crippen molar-refractivity contribution in [3.63, 3.8) is 0 Å². The molecule has 0 spiro atoms. The molecular weight excluding hydrogens is 272 g/mol. The minimum absolute atomic E-state index is 0.0143. The largest absolute Gasteiger partial charge is 0.343 e. The lowest BCUT2D eigenvalue weighted by Crippen LogP contribution is -2.55. The summed E-state index contributed by atoms with van der Waals surface area (Å²) in [6.07, 6.45) is 1.91. The van der Waals surface area contributed by atoms with Crippen LogP contribution in [0.4, 0.5) is 0 Å². The van der Waals surface area contributed by atoms with E-state index >= 15 is 0 Å². The molecule has 0 aromatic rings. The van der Waals surface area contributed by atoms with Crippen molar-refractivity contribution in [3.05, 3.63) is 0 Å². The quantitative estimate of drug-likeness (QED) is 0.625. The number of nitrogens with one attached hydrogen (secondary N) is 2. The molecule has 7 nitrogen and oxygen atoms in total. The zero-order chi connectivity index (χ0) is 14.0. The Bertz CT molecular complexity index is 513. The summed E-state index contributed by atoms with van der Waals surface area (Å²) < 4.78 is 23.6. The van der Waals surface area contributed by atoms with Crippen molar-refractivity contribution in [2.75, 3.05) is 5.75 Å². The number of hydrogen-bond donors (Lipinski definition) is 2. The number of rotatable bonds is 2. The second kappa shape index (κ2) is 5.28. The number of hydrogen-bond acceptors (Lipinski definition) is 5. The topological polar surface area (TPSA) is 109 Å². The van der Waals surface area contributed by atoms with Gasteiger partial charge < -0.3 is 5.32 Å². The van der Waals surface area contributed by atoms with E-state index in [2.05, 4.69) is 10.6 Å². The van der Waals surface area contributed by atoms with Gasteiger partial charge in [0.25, 0.3) is 0 Å². The van der Waals surface area contributed by atoms with Gasteiger partial charge in [0.1, 0.15) is 11.3 Å². The molecule has 0 radical (unpaired) electrons. The van der Waals surface area contributed by atoms with Gasteiger partial charge in [0.15, 0.2) is 9.84 Å². The van der Waals surface area contributed by atoms with Crippen molar-refractivity contribution in [1.82, 2.24) is 10.6 Å². The Labute approximate surface area is 111 Å². The minimum atomic E-state index is -3.41. The van der Waals surface area contributed by atoms with Crippen molar-refractivity contribution in [3.8, 4) is 0 Å². The summed E-state index contributed by atoms with van der Waals surface area (Å²) in [5.74, 6) is -1.56. The van der Waals surface area contributed by atoms with E-state index in [9.17, 15) is 22.8 Å². The van der Waals surface area contributed by atoms with Crippen molar-refractivity contribution in [2.45, 2.75) is 43.4 Å². The Hall–Kier alpha value is -1.44. The highest BCUT2D eigenvalue weighted by molar-refractivity contribution is 7.92. The van der Waals surface area contributed by atoms with Gasteiger partial charge in [-0.05, 0) is 19.3 Å². The maximum atomic E-state index is 12.0. The highest BCUT2D eigenvalue weighted by Gasteiger charge is 2.37. The summed E-state index contributed by atoms with van der Waals surface area (Å²) in [5, 5.41) is 3.49. The number of imide groups is 1. The van der Waals surface area contributed by atoms with Gasteiger partial charge >= 0.3 is 0 Å². The van der Waals surface area contributed by atoms with Gasteiger partial charge in [-0.2, -0.15) is 0 Å². The highest BCUT2D eigenvalue weighted by Crippen LogP contribution is 2.20. The number of carbonyl (C=O) groups excluding carboxylic acids is 3. The smallest absolute Gasteiger partial charge is 0.249 e. The number of piperidine rings is 1. The fourth-order valence-corrected chi connectivity index (χ4v) is 4.16. The molecule has 8 heteroatoms. The van der Waals surface area contributed by atoms with E-state index in [4.69, 9.17) is 0 Å². The fraction of sp³-hybridized carbons (Fsp3) is 0.727. The van der Waals surface area contributed by atoms with Crippen LogP contribution >= 0.6 is 0 Å². The van der Waals surface area contributed by atoms with Crippen LogP contribution in [-0.4, -0.2) is 43.2 Å². The van der Waals surface area contributed by atoms with Gasteiger partial charge in [-0.25, -0.2) is 8.42 Å². The van der Waals surface area contributed by atoms with Crippen LogP contribution in [0.3, 0.4) is 0 Å². The molecule has 2 N–H and O–H groups in total. The third-order valence-electron chi connectivity index (χ3n) is 3.43. The molecule has 2 heterocycles. The molecule has 0 aromatic heterocycles. The van der Waals surface area contributed by atoms with E-state index in [-0.39, 0.29) is 24.5 Å². The predicted molar refractivity (Wildman–Crippen MR) is 65.7 cm³/mol. The summed E-state index contributed by atoms with van der Waals surface area (Å²) in [6.45, 7) is 0. The summed E-state index contributed by atoms with van der Waals surface area (Å²) in [5.41, 5.74) is 0. The van der Waals surface area contributed by atoms with Gasteiger partial charge in [-0.1, -0.05) is 6.42 Å². The average molecular weight is 288 g/mol. The molecule has 3 amide bonds. The monoisotopic (exact) mass is 288 g/mol. The van der Waals surface area contributed by atoms with Crippen molar-refractivity contribution in [2.24, 2.45) is 0 Å². The normalized spacial score (nSPS) is 30.5. The molecule has 0 aliphatic carbocycles. The Morgan fingerprint density at radius 1 is 1.21 bits per heavy atom. The molecule has 2 saturated heterocycles. The van der Waals surface area contributed by atoms with E-state index < -0.39 is 32.9 Å². The number of carbonyl (C=O) groups is 3. The van der Waals surface area contributed by atoms with Crippen molar-refractivity contribution < 1.29 is 22.8 Å². The van der Waals surface area contributed by atoms with Gasteiger partial charge in [0, 0.05) is 6.42 Å². The first kappa shape index (κ1) is 14.0. The molecule has 0 saturated carbocycles. The van der Waals surface area contributed by atoms with E-state index in [1.165, 1.54) is 0 Å². The van der Waals surface area contributed by atoms with Crippen LogP contribution in [0.2, 0.25) is 0 Å². The van der Waals surface area contributed by atoms with Gasteiger partial charge in [0.2, 0.25) is 17.7 Å². The molecule has 2 aliphatic heterocycles. The maximum absolute atomic E-state index is 12.0. The maximum Gasteiger partial charge on any atom is 0.249 e. The molecule has 2 aliphatic rings. The minimum Gasteiger partial charge on any atom is -0.343 e. The van der Waals surface area contributed by atoms with Crippen LogP contribution in [0.15, 0.2) is 0 Å². The lowest BCUT2D eigenvalue weighted by Gasteiger charge is -2.26. The van der Waals surface area contributed by atoms with E-state index in [1.807, 2.05) is 0 Å². The Kier molecular flexibility index (Phi) is 3.88. The summed E-state index contributed by atoms with van der Waals surface area (Å²) in [6, 6.07) is -0.817. The van der Waals surface area contributed by atoms with E-state index in [0.29, 0.717) is 19.3 Å². The van der Waals surface area contributed by atoms with E-state index in [1.54, 1.807) is 0 Å². The van der Waals surface area contributed by atoms with Crippen LogP contribution in [0.1, 0.15) is 32.1 Å². The summed E-state index contributed by atoms with van der Waals surface area (Å²) in [7, 11) is -3.41. The lowest BCUT2D eigenvalue weighted by molar-refractivity contribution is -0.137. The molecule has 2 atom stereocenters. The molecule has 2 unspecified atom stereocenters. The SMILES string of the molecule is O=C1CCC(NC(=O)C2CCCCS2(=O)=O)C(=O)N1. The van der Waals surface area contributed by atoms with Crippen LogP contribution in [0.5, 0.6) is 0 Å². The van der Waals surface area contributed by atoms with Crippen LogP contribution in [0.25, 0.3) is 0 Å².